The fraction of sp³-hybridized carbons (Fsp3) is 0.348. The van der Waals surface area contributed by atoms with E-state index in [1.165, 1.54) is 37.6 Å². The van der Waals surface area contributed by atoms with Crippen molar-refractivity contribution in [1.82, 2.24) is 0 Å². The molecule has 0 aliphatic heterocycles. The highest BCUT2D eigenvalue weighted by molar-refractivity contribution is 5.89. The second-order valence-electron chi connectivity index (χ2n) is 7.07. The van der Waals surface area contributed by atoms with Crippen molar-refractivity contribution >= 4 is 22.9 Å². The number of hydrogen-bond acceptors (Lipinski definition) is 7. The summed E-state index contributed by atoms with van der Waals surface area (Å²) in [5.41, 5.74) is 1.68. The molecule has 0 amide bonds. The molecule has 0 spiro atoms. The number of carbonyl (C=O) groups excluding carboxylic acids is 2. The van der Waals surface area contributed by atoms with Crippen molar-refractivity contribution in [3.8, 4) is 17.2 Å². The highest BCUT2D eigenvalue weighted by atomic mass is 16.6. The van der Waals surface area contributed by atoms with Gasteiger partial charge in [-0.2, -0.15) is 0 Å². The SMILES string of the molecule is CC(=O)Oc1ccc2c(OC(C)=O)c(OC/C=C(\C)CCC=C(C)C)c(=O)oc2c1. The number of esters is 2. The molecule has 0 atom stereocenters. The largest absolute Gasteiger partial charge is 0.480 e. The molecule has 1 aromatic heterocycles. The average molecular weight is 414 g/mol. The topological polar surface area (TPSA) is 92.0 Å². The van der Waals surface area contributed by atoms with Gasteiger partial charge in [0.05, 0.1) is 5.39 Å². The van der Waals surface area contributed by atoms with Gasteiger partial charge in [0, 0.05) is 19.9 Å². The van der Waals surface area contributed by atoms with E-state index in [-0.39, 0.29) is 29.4 Å². The Morgan fingerprint density at radius 3 is 2.30 bits per heavy atom. The number of carbonyl (C=O) groups is 2. The van der Waals surface area contributed by atoms with Gasteiger partial charge in [0.1, 0.15) is 17.9 Å². The fourth-order valence-electron chi connectivity index (χ4n) is 2.69. The van der Waals surface area contributed by atoms with Crippen molar-refractivity contribution in [3.63, 3.8) is 0 Å². The van der Waals surface area contributed by atoms with E-state index in [0.29, 0.717) is 5.39 Å². The molecule has 2 rings (SSSR count). The van der Waals surface area contributed by atoms with Crippen molar-refractivity contribution in [2.75, 3.05) is 6.61 Å². The van der Waals surface area contributed by atoms with Crippen LogP contribution in [-0.4, -0.2) is 18.5 Å². The third kappa shape index (κ3) is 6.62. The molecule has 160 valence electrons. The van der Waals surface area contributed by atoms with Crippen LogP contribution in [0.1, 0.15) is 47.5 Å². The Bertz CT molecular complexity index is 1050. The minimum atomic E-state index is -0.797. The Hall–Kier alpha value is -3.35. The van der Waals surface area contributed by atoms with E-state index in [9.17, 15) is 14.4 Å². The van der Waals surface area contributed by atoms with E-state index in [4.69, 9.17) is 18.6 Å². The highest BCUT2D eigenvalue weighted by Gasteiger charge is 2.20. The van der Waals surface area contributed by atoms with E-state index < -0.39 is 17.6 Å². The van der Waals surface area contributed by atoms with Crippen molar-refractivity contribution in [1.29, 1.82) is 0 Å². The molecule has 7 nitrogen and oxygen atoms in total. The van der Waals surface area contributed by atoms with Crippen LogP contribution in [0.25, 0.3) is 11.0 Å². The second-order valence-corrected chi connectivity index (χ2v) is 7.07. The molecule has 0 saturated carbocycles. The minimum Gasteiger partial charge on any atom is -0.480 e. The van der Waals surface area contributed by atoms with Crippen molar-refractivity contribution < 1.29 is 28.2 Å². The number of ether oxygens (including phenoxy) is 3. The second kappa shape index (κ2) is 10.4. The lowest BCUT2D eigenvalue weighted by Gasteiger charge is -2.12. The maximum absolute atomic E-state index is 12.5. The molecule has 0 N–H and O–H groups in total. The molecular weight excluding hydrogens is 388 g/mol. The Kier molecular flexibility index (Phi) is 7.98. The van der Waals surface area contributed by atoms with Crippen LogP contribution in [0.15, 0.2) is 50.7 Å². The minimum absolute atomic E-state index is 0.0290. The van der Waals surface area contributed by atoms with E-state index in [2.05, 4.69) is 6.08 Å². The molecule has 0 aliphatic carbocycles. The molecule has 0 fully saturated rings. The van der Waals surface area contributed by atoms with Gasteiger partial charge in [-0.05, 0) is 51.8 Å². The highest BCUT2D eigenvalue weighted by Crippen LogP contribution is 2.34. The van der Waals surface area contributed by atoms with E-state index >= 15 is 0 Å². The van der Waals surface area contributed by atoms with Gasteiger partial charge < -0.3 is 18.6 Å². The van der Waals surface area contributed by atoms with Gasteiger partial charge in [-0.3, -0.25) is 9.59 Å². The van der Waals surface area contributed by atoms with E-state index in [0.717, 1.165) is 18.4 Å². The Morgan fingerprint density at radius 1 is 0.967 bits per heavy atom. The number of benzene rings is 1. The van der Waals surface area contributed by atoms with Crippen LogP contribution >= 0.6 is 0 Å². The van der Waals surface area contributed by atoms with E-state index in [1.807, 2.05) is 26.8 Å². The molecule has 30 heavy (non-hydrogen) atoms. The zero-order chi connectivity index (χ0) is 22.3. The lowest BCUT2D eigenvalue weighted by molar-refractivity contribution is -0.132. The van der Waals surface area contributed by atoms with Gasteiger partial charge in [-0.25, -0.2) is 4.79 Å². The molecule has 1 heterocycles. The number of hydrogen-bond donors (Lipinski definition) is 0. The predicted octanol–water partition coefficient (Wildman–Crippen LogP) is 4.72. The van der Waals surface area contributed by atoms with Crippen molar-refractivity contribution in [3.05, 3.63) is 51.9 Å². The van der Waals surface area contributed by atoms with E-state index in [1.54, 1.807) is 0 Å². The first-order valence-electron chi connectivity index (χ1n) is 9.57. The molecule has 2 aromatic rings. The first-order chi connectivity index (χ1) is 14.2. The van der Waals surface area contributed by atoms with Crippen LogP contribution < -0.4 is 19.8 Å². The van der Waals surface area contributed by atoms with Gasteiger partial charge in [0.15, 0.2) is 5.75 Å². The molecular formula is C23H26O7. The summed E-state index contributed by atoms with van der Waals surface area (Å²) in [6.07, 6.45) is 5.81. The maximum Gasteiger partial charge on any atom is 0.383 e. The normalized spacial score (nSPS) is 11.2. The summed E-state index contributed by atoms with van der Waals surface area (Å²) in [6, 6.07) is 4.41. The van der Waals surface area contributed by atoms with Crippen LogP contribution in [-0.2, 0) is 9.59 Å². The van der Waals surface area contributed by atoms with Crippen LogP contribution in [0, 0.1) is 0 Å². The Morgan fingerprint density at radius 2 is 1.67 bits per heavy atom. The summed E-state index contributed by atoms with van der Waals surface area (Å²) < 4.78 is 21.2. The average Bonchev–Trinajstić information content (AvgIpc) is 2.62. The third-order valence-corrected chi connectivity index (χ3v) is 4.05. The summed E-state index contributed by atoms with van der Waals surface area (Å²) in [7, 11) is 0. The molecule has 0 bridgehead atoms. The lowest BCUT2D eigenvalue weighted by Crippen LogP contribution is -2.12. The fourth-order valence-corrected chi connectivity index (χ4v) is 2.69. The summed E-state index contributed by atoms with van der Waals surface area (Å²) in [4.78, 5) is 35.2. The smallest absolute Gasteiger partial charge is 0.383 e. The number of rotatable bonds is 8. The third-order valence-electron chi connectivity index (χ3n) is 4.05. The van der Waals surface area contributed by atoms with Gasteiger partial charge in [-0.1, -0.05) is 17.2 Å². The zero-order valence-electron chi connectivity index (χ0n) is 17.9. The standard InChI is InChI=1S/C23H26O7/c1-14(2)7-6-8-15(3)11-12-27-22-21(29-17(5)25)19-10-9-18(28-16(4)24)13-20(19)30-23(22)26/h7,9-11,13H,6,8,12H2,1-5H3/b15-11+. The van der Waals surface area contributed by atoms with Crippen molar-refractivity contribution in [2.45, 2.75) is 47.5 Å². The Labute approximate surface area is 174 Å². The van der Waals surface area contributed by atoms with Gasteiger partial charge in [0.2, 0.25) is 5.75 Å². The van der Waals surface area contributed by atoms with Crippen LogP contribution in [0.4, 0.5) is 0 Å². The summed E-state index contributed by atoms with van der Waals surface area (Å²) in [5.74, 6) is -1.13. The maximum atomic E-state index is 12.5. The zero-order valence-corrected chi connectivity index (χ0v) is 17.9. The van der Waals surface area contributed by atoms with Gasteiger partial charge >= 0.3 is 17.6 Å². The number of allylic oxidation sites excluding steroid dienone is 3. The summed E-state index contributed by atoms with van der Waals surface area (Å²) >= 11 is 0. The van der Waals surface area contributed by atoms with Crippen LogP contribution in [0.5, 0.6) is 17.2 Å². The lowest BCUT2D eigenvalue weighted by atomic mass is 10.1. The molecule has 0 aliphatic rings. The van der Waals surface area contributed by atoms with Crippen LogP contribution in [0.2, 0.25) is 0 Å². The predicted molar refractivity (Wildman–Crippen MR) is 113 cm³/mol. The molecule has 1 aromatic carbocycles. The molecule has 7 heteroatoms. The molecule has 0 unspecified atom stereocenters. The quantitative estimate of drug-likeness (QED) is 0.267. The first-order valence-corrected chi connectivity index (χ1v) is 9.57. The van der Waals surface area contributed by atoms with Crippen molar-refractivity contribution in [2.24, 2.45) is 0 Å². The van der Waals surface area contributed by atoms with Crippen LogP contribution in [0.3, 0.4) is 0 Å². The molecule has 0 radical (unpaired) electrons. The Balaban J connectivity index is 2.32. The number of fused-ring (bicyclic) bond motifs is 1. The monoisotopic (exact) mass is 414 g/mol. The van der Waals surface area contributed by atoms with Gasteiger partial charge in [0.25, 0.3) is 0 Å². The first kappa shape index (κ1) is 22.9. The summed E-state index contributed by atoms with van der Waals surface area (Å²) in [6.45, 7) is 8.69. The molecule has 0 saturated heterocycles. The van der Waals surface area contributed by atoms with Gasteiger partial charge in [-0.15, -0.1) is 0 Å². The summed E-state index contributed by atoms with van der Waals surface area (Å²) in [5, 5.41) is 0.347.